The Kier molecular flexibility index (Phi) is 5.37. The van der Waals surface area contributed by atoms with Crippen LogP contribution < -0.4 is 11.5 Å². The fourth-order valence-electron chi connectivity index (χ4n) is 1.80. The second-order valence-corrected chi connectivity index (χ2v) is 3.95. The number of Topliss-reactive ketones (excluding diaryl/α,β-unsaturated/α-hetero) is 1. The lowest BCUT2D eigenvalue weighted by Crippen LogP contribution is -2.40. The second-order valence-electron chi connectivity index (χ2n) is 3.95. The number of carbonyl (C=O) groups excluding carboxylic acids is 2. The number of likely N-dealkylation sites (tertiary alicyclic amines) is 1. The van der Waals surface area contributed by atoms with E-state index in [0.717, 1.165) is 19.6 Å². The van der Waals surface area contributed by atoms with Crippen LogP contribution in [0.1, 0.15) is 6.42 Å². The average molecular weight is 228 g/mol. The number of nitrogens with two attached hydrogens (primary N) is 2. The van der Waals surface area contributed by atoms with Gasteiger partial charge in [-0.25, -0.2) is 0 Å². The molecule has 1 heterocycles. The zero-order valence-electron chi connectivity index (χ0n) is 9.52. The number of carbonyl (C=O) groups is 2. The molecule has 4 N–H and O–H groups in total. The summed E-state index contributed by atoms with van der Waals surface area (Å²) in [6.45, 7) is 4.27. The van der Waals surface area contributed by atoms with Crippen LogP contribution in [0.4, 0.5) is 0 Å². The maximum atomic E-state index is 11.4. The molecule has 1 rings (SSSR count). The first-order valence-electron chi connectivity index (χ1n) is 5.59. The fourth-order valence-corrected chi connectivity index (χ4v) is 1.80. The Morgan fingerprint density at radius 1 is 1.12 bits per heavy atom. The lowest BCUT2D eigenvalue weighted by molar-refractivity contribution is -0.128. The first kappa shape index (κ1) is 13.1. The topological polar surface area (TPSA) is 92.7 Å². The molecule has 0 spiro atoms. The van der Waals surface area contributed by atoms with Crippen molar-refractivity contribution in [2.75, 3.05) is 45.8 Å². The highest BCUT2D eigenvalue weighted by Crippen LogP contribution is 2.05. The number of amides is 1. The normalized spacial score (nSPS) is 16.6. The molecule has 92 valence electrons. The molecule has 0 aromatic heterocycles. The predicted molar refractivity (Wildman–Crippen MR) is 60.8 cm³/mol. The van der Waals surface area contributed by atoms with Gasteiger partial charge in [-0.2, -0.15) is 0 Å². The Hall–Kier alpha value is -0.980. The molecule has 0 saturated carbocycles. The molecule has 0 aromatic carbocycles. The van der Waals surface area contributed by atoms with Crippen LogP contribution in [0.15, 0.2) is 0 Å². The molecule has 0 atom stereocenters. The highest BCUT2D eigenvalue weighted by Gasteiger charge is 2.26. The third kappa shape index (κ3) is 3.88. The molecule has 1 aliphatic heterocycles. The van der Waals surface area contributed by atoms with Crippen molar-refractivity contribution in [3.8, 4) is 0 Å². The molecule has 1 fully saturated rings. The minimum atomic E-state index is -0.0644. The standard InChI is InChI=1S/C10H20N4O2/c11-1-3-13(4-2-12)5-6-14-8-9(15)7-10(14)16/h1-8,11-12H2. The summed E-state index contributed by atoms with van der Waals surface area (Å²) in [5.74, 6) is -0.0559. The van der Waals surface area contributed by atoms with Gasteiger partial charge >= 0.3 is 0 Å². The third-order valence-corrected chi connectivity index (χ3v) is 2.65. The van der Waals surface area contributed by atoms with Gasteiger partial charge in [-0.05, 0) is 0 Å². The minimum absolute atomic E-state index is 0.00852. The summed E-state index contributed by atoms with van der Waals surface area (Å²) in [7, 11) is 0. The summed E-state index contributed by atoms with van der Waals surface area (Å²) >= 11 is 0. The summed E-state index contributed by atoms with van der Waals surface area (Å²) in [6.07, 6.45) is 0.0633. The van der Waals surface area contributed by atoms with Crippen molar-refractivity contribution < 1.29 is 9.59 Å². The number of ketones is 1. The van der Waals surface area contributed by atoms with Crippen molar-refractivity contribution in [2.45, 2.75) is 6.42 Å². The Labute approximate surface area is 95.5 Å². The van der Waals surface area contributed by atoms with E-state index in [4.69, 9.17) is 11.5 Å². The zero-order chi connectivity index (χ0) is 12.0. The molecule has 1 saturated heterocycles. The van der Waals surface area contributed by atoms with Crippen LogP contribution in [0, 0.1) is 0 Å². The zero-order valence-corrected chi connectivity index (χ0v) is 9.52. The highest BCUT2D eigenvalue weighted by molar-refractivity contribution is 6.05. The van der Waals surface area contributed by atoms with Crippen LogP contribution in [0.5, 0.6) is 0 Å². The summed E-state index contributed by atoms with van der Waals surface area (Å²) in [5, 5.41) is 0. The Bertz CT molecular complexity index is 251. The van der Waals surface area contributed by atoms with Gasteiger partial charge in [-0.15, -0.1) is 0 Å². The third-order valence-electron chi connectivity index (χ3n) is 2.65. The number of rotatable bonds is 7. The van der Waals surface area contributed by atoms with Gasteiger partial charge in [0.25, 0.3) is 0 Å². The molecule has 0 bridgehead atoms. The van der Waals surface area contributed by atoms with Crippen LogP contribution in [0.3, 0.4) is 0 Å². The molecular formula is C10H20N4O2. The molecule has 0 aromatic rings. The van der Waals surface area contributed by atoms with Gasteiger partial charge in [-0.1, -0.05) is 0 Å². The van der Waals surface area contributed by atoms with Gasteiger partial charge in [-0.3, -0.25) is 14.5 Å². The lowest BCUT2D eigenvalue weighted by atomic mass is 10.3. The molecule has 0 radical (unpaired) electrons. The predicted octanol–water partition coefficient (Wildman–Crippen LogP) is -1.99. The van der Waals surface area contributed by atoms with Gasteiger partial charge in [0, 0.05) is 39.3 Å². The van der Waals surface area contributed by atoms with E-state index in [2.05, 4.69) is 4.90 Å². The first-order valence-corrected chi connectivity index (χ1v) is 5.59. The minimum Gasteiger partial charge on any atom is -0.334 e. The molecule has 0 aliphatic carbocycles. The fraction of sp³-hybridized carbons (Fsp3) is 0.800. The molecule has 1 amide bonds. The molecule has 6 heteroatoms. The quantitative estimate of drug-likeness (QED) is 0.492. The van der Waals surface area contributed by atoms with E-state index in [1.807, 2.05) is 0 Å². The summed E-state index contributed by atoms with van der Waals surface area (Å²) < 4.78 is 0. The van der Waals surface area contributed by atoms with Crippen molar-refractivity contribution >= 4 is 11.7 Å². The van der Waals surface area contributed by atoms with Crippen LogP contribution >= 0.6 is 0 Å². The van der Waals surface area contributed by atoms with E-state index < -0.39 is 0 Å². The summed E-state index contributed by atoms with van der Waals surface area (Å²) in [6, 6.07) is 0. The van der Waals surface area contributed by atoms with Crippen LogP contribution in [0.2, 0.25) is 0 Å². The van der Waals surface area contributed by atoms with Crippen molar-refractivity contribution in [2.24, 2.45) is 11.5 Å². The molecular weight excluding hydrogens is 208 g/mol. The second kappa shape index (κ2) is 6.57. The van der Waals surface area contributed by atoms with Crippen molar-refractivity contribution in [3.05, 3.63) is 0 Å². The van der Waals surface area contributed by atoms with Gasteiger partial charge in [0.15, 0.2) is 5.78 Å². The van der Waals surface area contributed by atoms with Gasteiger partial charge in [0.1, 0.15) is 0 Å². The van der Waals surface area contributed by atoms with E-state index >= 15 is 0 Å². The van der Waals surface area contributed by atoms with E-state index in [1.54, 1.807) is 4.90 Å². The number of hydrogen-bond acceptors (Lipinski definition) is 5. The largest absolute Gasteiger partial charge is 0.334 e. The SMILES string of the molecule is NCCN(CCN)CCN1CC(=O)CC1=O. The highest BCUT2D eigenvalue weighted by atomic mass is 16.2. The van der Waals surface area contributed by atoms with Crippen molar-refractivity contribution in [1.82, 2.24) is 9.80 Å². The summed E-state index contributed by atoms with van der Waals surface area (Å²) in [4.78, 5) is 26.1. The Morgan fingerprint density at radius 3 is 2.19 bits per heavy atom. The van der Waals surface area contributed by atoms with Gasteiger partial charge < -0.3 is 16.4 Å². The number of nitrogens with zero attached hydrogens (tertiary/aromatic N) is 2. The number of hydrogen-bond donors (Lipinski definition) is 2. The van der Waals surface area contributed by atoms with Crippen molar-refractivity contribution in [1.29, 1.82) is 0 Å². The Balaban J connectivity index is 2.31. The first-order chi connectivity index (χ1) is 7.67. The smallest absolute Gasteiger partial charge is 0.230 e. The maximum absolute atomic E-state index is 11.4. The molecule has 6 nitrogen and oxygen atoms in total. The van der Waals surface area contributed by atoms with E-state index in [1.165, 1.54) is 0 Å². The summed E-state index contributed by atoms with van der Waals surface area (Å²) in [5.41, 5.74) is 11.0. The van der Waals surface area contributed by atoms with Gasteiger partial charge in [0.05, 0.1) is 13.0 Å². The van der Waals surface area contributed by atoms with Crippen LogP contribution in [-0.2, 0) is 9.59 Å². The molecule has 16 heavy (non-hydrogen) atoms. The van der Waals surface area contributed by atoms with Gasteiger partial charge in [0.2, 0.25) is 5.91 Å². The maximum Gasteiger partial charge on any atom is 0.230 e. The Morgan fingerprint density at radius 2 is 1.75 bits per heavy atom. The van der Waals surface area contributed by atoms with E-state index in [-0.39, 0.29) is 24.7 Å². The lowest BCUT2D eigenvalue weighted by Gasteiger charge is -2.23. The van der Waals surface area contributed by atoms with E-state index in [9.17, 15) is 9.59 Å². The monoisotopic (exact) mass is 228 g/mol. The molecule has 0 unspecified atom stereocenters. The van der Waals surface area contributed by atoms with E-state index in [0.29, 0.717) is 19.6 Å². The van der Waals surface area contributed by atoms with Crippen LogP contribution in [0.25, 0.3) is 0 Å². The van der Waals surface area contributed by atoms with Crippen LogP contribution in [-0.4, -0.2) is 67.3 Å². The molecule has 1 aliphatic rings. The van der Waals surface area contributed by atoms with Crippen molar-refractivity contribution in [3.63, 3.8) is 0 Å². The average Bonchev–Trinajstić information content (AvgIpc) is 2.54.